The zero-order valence-electron chi connectivity index (χ0n) is 14.4. The topological polar surface area (TPSA) is 77.8 Å². The number of pyridine rings is 1. The third-order valence-electron chi connectivity index (χ3n) is 4.55. The van der Waals surface area contributed by atoms with Gasteiger partial charge in [-0.05, 0) is 30.2 Å². The van der Waals surface area contributed by atoms with Crippen molar-refractivity contribution in [3.63, 3.8) is 0 Å². The molecular weight excluding hydrogens is 360 g/mol. The van der Waals surface area contributed by atoms with E-state index in [9.17, 15) is 9.90 Å². The van der Waals surface area contributed by atoms with E-state index in [1.807, 2.05) is 53.4 Å². The van der Waals surface area contributed by atoms with Gasteiger partial charge >= 0.3 is 5.97 Å². The van der Waals surface area contributed by atoms with Gasteiger partial charge in [-0.25, -0.2) is 9.78 Å². The van der Waals surface area contributed by atoms with Gasteiger partial charge in [-0.2, -0.15) is 5.10 Å². The van der Waals surface area contributed by atoms with Crippen molar-refractivity contribution < 1.29 is 9.90 Å². The Morgan fingerprint density at radius 2 is 1.89 bits per heavy atom. The maximum atomic E-state index is 11.4. The highest BCUT2D eigenvalue weighted by molar-refractivity contribution is 7.80. The lowest BCUT2D eigenvalue weighted by molar-refractivity contribution is 0.0695. The fourth-order valence-corrected chi connectivity index (χ4v) is 3.46. The fraction of sp³-hybridized carbons (Fsp3) is 0.150. The second-order valence-corrected chi connectivity index (χ2v) is 6.72. The molecule has 0 radical (unpaired) electrons. The van der Waals surface area contributed by atoms with Gasteiger partial charge in [0.1, 0.15) is 5.69 Å². The number of carbonyl (C=O) groups is 1. The number of nitrogens with one attached hydrogen (secondary N) is 1. The first-order chi connectivity index (χ1) is 13.1. The number of nitrogens with zero attached hydrogens (tertiary/aromatic N) is 3. The highest BCUT2D eigenvalue weighted by Crippen LogP contribution is 2.19. The van der Waals surface area contributed by atoms with Crippen LogP contribution in [0.15, 0.2) is 65.8 Å². The van der Waals surface area contributed by atoms with Gasteiger partial charge in [0.05, 0.1) is 11.1 Å². The van der Waals surface area contributed by atoms with Crippen molar-refractivity contribution >= 4 is 35.3 Å². The molecule has 2 aromatic carbocycles. The van der Waals surface area contributed by atoms with E-state index >= 15 is 0 Å². The lowest BCUT2D eigenvalue weighted by atomic mass is 10.0. The Balaban J connectivity index is 1.58. The van der Waals surface area contributed by atoms with Crippen LogP contribution in [0.2, 0.25) is 0 Å². The van der Waals surface area contributed by atoms with Crippen LogP contribution in [0.3, 0.4) is 0 Å². The van der Waals surface area contributed by atoms with Crippen molar-refractivity contribution in [1.29, 1.82) is 0 Å². The molecule has 1 atom stereocenters. The zero-order chi connectivity index (χ0) is 18.8. The summed E-state index contributed by atoms with van der Waals surface area (Å²) in [5, 5.41) is 14.8. The van der Waals surface area contributed by atoms with Gasteiger partial charge in [0.2, 0.25) is 0 Å². The summed E-state index contributed by atoms with van der Waals surface area (Å²) < 4.78 is 0. The highest BCUT2D eigenvalue weighted by Gasteiger charge is 2.27. The normalized spacial score (nSPS) is 16.3. The fourth-order valence-electron chi connectivity index (χ4n) is 3.18. The van der Waals surface area contributed by atoms with Crippen molar-refractivity contribution in [2.24, 2.45) is 5.10 Å². The van der Waals surface area contributed by atoms with E-state index in [0.717, 1.165) is 22.2 Å². The summed E-state index contributed by atoms with van der Waals surface area (Å²) in [7, 11) is 0. The minimum atomic E-state index is -0.919. The van der Waals surface area contributed by atoms with Crippen LogP contribution >= 0.6 is 12.6 Å². The molecule has 1 aliphatic rings. The predicted octanol–water partition coefficient (Wildman–Crippen LogP) is 2.96. The minimum absolute atomic E-state index is 0.287. The molecule has 0 spiro atoms. The first kappa shape index (κ1) is 17.4. The number of fused-ring (bicyclic) bond motifs is 1. The van der Waals surface area contributed by atoms with Crippen LogP contribution in [0, 0.1) is 0 Å². The van der Waals surface area contributed by atoms with E-state index < -0.39 is 5.97 Å². The van der Waals surface area contributed by atoms with Gasteiger partial charge in [0.15, 0.2) is 11.3 Å². The molecule has 0 saturated heterocycles. The minimum Gasteiger partial charge on any atom is -0.478 e. The number of hydrogen-bond acceptors (Lipinski definition) is 6. The Bertz CT molecular complexity index is 1040. The Morgan fingerprint density at radius 1 is 1.11 bits per heavy atom. The molecule has 7 heteroatoms. The Labute approximate surface area is 161 Å². The number of carboxylic acids is 1. The Hall–Kier alpha value is -3.06. The third kappa shape index (κ3) is 3.46. The van der Waals surface area contributed by atoms with Crippen molar-refractivity contribution in [1.82, 2.24) is 15.3 Å². The lowest BCUT2D eigenvalue weighted by Crippen LogP contribution is -2.38. The van der Waals surface area contributed by atoms with Gasteiger partial charge in [-0.15, -0.1) is 12.6 Å². The van der Waals surface area contributed by atoms with Gasteiger partial charge in [-0.1, -0.05) is 42.5 Å². The molecule has 0 saturated carbocycles. The van der Waals surface area contributed by atoms with Gasteiger partial charge in [-0.3, -0.25) is 5.43 Å². The third-order valence-corrected chi connectivity index (χ3v) is 4.94. The molecule has 1 aromatic heterocycles. The SMILES string of the molecule is O=C(O)c1ccccc1CCN1C(c2ccc3ccccc3n2)=NNC1S. The highest BCUT2D eigenvalue weighted by atomic mass is 32.1. The van der Waals surface area contributed by atoms with Crippen LogP contribution in [0.25, 0.3) is 10.9 Å². The van der Waals surface area contributed by atoms with E-state index in [2.05, 4.69) is 23.2 Å². The standard InChI is InChI=1S/C20H18N4O2S/c25-19(26)15-7-3-1-5-13(15)11-12-24-18(22-23-20(24)27)17-10-9-14-6-2-4-8-16(14)21-17/h1-10,20,23,27H,11-12H2,(H,25,26). The summed E-state index contributed by atoms with van der Waals surface area (Å²) in [6.45, 7) is 0.568. The van der Waals surface area contributed by atoms with E-state index in [1.165, 1.54) is 0 Å². The van der Waals surface area contributed by atoms with E-state index in [-0.39, 0.29) is 5.50 Å². The number of aromatic nitrogens is 1. The molecule has 1 unspecified atom stereocenters. The maximum absolute atomic E-state index is 11.4. The summed E-state index contributed by atoms with van der Waals surface area (Å²) in [5.74, 6) is -0.216. The van der Waals surface area contributed by atoms with Crippen molar-refractivity contribution in [2.75, 3.05) is 6.54 Å². The number of carboxylic acid groups (broad SMARTS) is 1. The predicted molar refractivity (Wildman–Crippen MR) is 108 cm³/mol. The number of para-hydroxylation sites is 1. The second kappa shape index (κ2) is 7.28. The first-order valence-corrected chi connectivity index (χ1v) is 9.10. The molecule has 4 rings (SSSR count). The average molecular weight is 378 g/mol. The number of benzene rings is 2. The molecule has 0 bridgehead atoms. The molecule has 0 aliphatic carbocycles. The Kier molecular flexibility index (Phi) is 4.68. The second-order valence-electron chi connectivity index (χ2n) is 6.23. The summed E-state index contributed by atoms with van der Waals surface area (Å²) >= 11 is 4.54. The molecular formula is C20H18N4O2S. The summed E-state index contributed by atoms with van der Waals surface area (Å²) in [5.41, 5.74) is 5.43. The lowest BCUT2D eigenvalue weighted by Gasteiger charge is -2.24. The van der Waals surface area contributed by atoms with Crippen LogP contribution < -0.4 is 5.43 Å². The maximum Gasteiger partial charge on any atom is 0.335 e. The van der Waals surface area contributed by atoms with Crippen molar-refractivity contribution in [3.05, 3.63) is 77.5 Å². The van der Waals surface area contributed by atoms with Crippen molar-refractivity contribution in [2.45, 2.75) is 11.9 Å². The summed E-state index contributed by atoms with van der Waals surface area (Å²) in [6, 6.07) is 18.9. The van der Waals surface area contributed by atoms with E-state index in [4.69, 9.17) is 4.98 Å². The van der Waals surface area contributed by atoms with Gasteiger partial charge < -0.3 is 10.0 Å². The smallest absolute Gasteiger partial charge is 0.335 e. The van der Waals surface area contributed by atoms with Crippen LogP contribution in [-0.4, -0.2) is 38.8 Å². The van der Waals surface area contributed by atoms with Gasteiger partial charge in [0.25, 0.3) is 0 Å². The zero-order valence-corrected chi connectivity index (χ0v) is 15.3. The van der Waals surface area contributed by atoms with Crippen molar-refractivity contribution in [3.8, 4) is 0 Å². The largest absolute Gasteiger partial charge is 0.478 e. The molecule has 3 aromatic rings. The molecule has 136 valence electrons. The number of hydrazone groups is 1. The molecule has 0 fully saturated rings. The number of hydrogen-bond donors (Lipinski definition) is 3. The van der Waals surface area contributed by atoms with E-state index in [1.54, 1.807) is 12.1 Å². The van der Waals surface area contributed by atoms with Crippen LogP contribution in [0.5, 0.6) is 0 Å². The molecule has 2 N–H and O–H groups in total. The van der Waals surface area contributed by atoms with E-state index in [0.29, 0.717) is 24.4 Å². The van der Waals surface area contributed by atoms with Crippen LogP contribution in [0.4, 0.5) is 0 Å². The van der Waals surface area contributed by atoms with Gasteiger partial charge in [0, 0.05) is 11.9 Å². The number of aromatic carboxylic acids is 1. The monoisotopic (exact) mass is 378 g/mol. The van der Waals surface area contributed by atoms with Crippen LogP contribution in [-0.2, 0) is 6.42 Å². The molecule has 2 heterocycles. The Morgan fingerprint density at radius 3 is 2.74 bits per heavy atom. The molecule has 1 aliphatic heterocycles. The molecule has 6 nitrogen and oxygen atoms in total. The average Bonchev–Trinajstić information content (AvgIpc) is 3.06. The molecule has 0 amide bonds. The summed E-state index contributed by atoms with van der Waals surface area (Å²) in [4.78, 5) is 18.1. The molecule has 27 heavy (non-hydrogen) atoms. The number of amidine groups is 1. The number of thiol groups is 1. The summed E-state index contributed by atoms with van der Waals surface area (Å²) in [6.07, 6.45) is 0.563. The number of rotatable bonds is 5. The quantitative estimate of drug-likeness (QED) is 0.595. The van der Waals surface area contributed by atoms with Crippen LogP contribution in [0.1, 0.15) is 21.6 Å². The first-order valence-electron chi connectivity index (χ1n) is 8.59.